The van der Waals surface area contributed by atoms with Gasteiger partial charge in [-0.3, -0.25) is 0 Å². The Hall–Kier alpha value is -4.86. The molecule has 40 heavy (non-hydrogen) atoms. The van der Waals surface area contributed by atoms with E-state index >= 15 is 0 Å². The molecule has 0 saturated carbocycles. The highest BCUT2D eigenvalue weighted by atomic mass is 32.1. The summed E-state index contributed by atoms with van der Waals surface area (Å²) < 4.78 is 7.67. The SMILES string of the molecule is C1=CC2=C[C@@H]2C(n2c3ccccc3c3c2ccc2c4ccccc4n(-c4ccc5sc6ccccc6c5c4)c23)=C1. The number of benzene rings is 5. The average Bonchev–Trinajstić information content (AvgIpc) is 3.46. The summed E-state index contributed by atoms with van der Waals surface area (Å²) in [5, 5.41) is 7.85. The van der Waals surface area contributed by atoms with Crippen molar-refractivity contribution >= 4 is 80.8 Å². The molecule has 10 rings (SSSR count). The van der Waals surface area contributed by atoms with E-state index in [1.807, 2.05) is 11.3 Å². The molecule has 2 nitrogen and oxygen atoms in total. The van der Waals surface area contributed by atoms with Gasteiger partial charge in [0, 0.05) is 59.0 Å². The number of hydrogen-bond acceptors (Lipinski definition) is 1. The standard InChI is InChI=1S/C37H22N2S/c1-4-12-30-24(9-1)26-17-18-33-36(27-11-2-5-13-31(27)39(33)32-14-7-8-22-20-28(22)32)37(26)38(30)23-16-19-35-29(21-23)25-10-3-6-15-34(25)40-35/h1-21,28H/t28-/m0/s1. The van der Waals surface area contributed by atoms with Crippen LogP contribution in [-0.2, 0) is 0 Å². The lowest BCUT2D eigenvalue weighted by atomic mass is 10.1. The van der Waals surface area contributed by atoms with E-state index in [2.05, 4.69) is 137 Å². The zero-order valence-electron chi connectivity index (χ0n) is 21.5. The fourth-order valence-electron chi connectivity index (χ4n) is 7.04. The van der Waals surface area contributed by atoms with Gasteiger partial charge in [0.1, 0.15) is 0 Å². The molecule has 0 unspecified atom stereocenters. The van der Waals surface area contributed by atoms with Gasteiger partial charge in [-0.2, -0.15) is 0 Å². The van der Waals surface area contributed by atoms with Crippen molar-refractivity contribution in [1.29, 1.82) is 0 Å². The molecule has 0 bridgehead atoms. The molecule has 3 heterocycles. The predicted octanol–water partition coefficient (Wildman–Crippen LogP) is 10.2. The molecule has 1 atom stereocenters. The number of para-hydroxylation sites is 2. The van der Waals surface area contributed by atoms with Crippen LogP contribution in [0.2, 0.25) is 0 Å². The summed E-state index contributed by atoms with van der Waals surface area (Å²) in [4.78, 5) is 0. The smallest absolute Gasteiger partial charge is 0.0641 e. The molecule has 0 radical (unpaired) electrons. The van der Waals surface area contributed by atoms with E-state index < -0.39 is 0 Å². The van der Waals surface area contributed by atoms with Gasteiger partial charge in [-0.15, -0.1) is 11.3 Å². The summed E-state index contributed by atoms with van der Waals surface area (Å²) in [6.45, 7) is 0. The quantitative estimate of drug-likeness (QED) is 0.212. The fraction of sp³-hybridized carbons (Fsp3) is 0.0270. The van der Waals surface area contributed by atoms with E-state index in [0.717, 1.165) is 0 Å². The van der Waals surface area contributed by atoms with Crippen molar-refractivity contribution in [2.45, 2.75) is 0 Å². The largest absolute Gasteiger partial charge is 0.312 e. The van der Waals surface area contributed by atoms with Crippen LogP contribution in [0.25, 0.3) is 75.2 Å². The van der Waals surface area contributed by atoms with Gasteiger partial charge < -0.3 is 9.13 Å². The van der Waals surface area contributed by atoms with Crippen molar-refractivity contribution in [3.63, 3.8) is 0 Å². The number of thiophene rings is 1. The van der Waals surface area contributed by atoms with E-state index in [-0.39, 0.29) is 0 Å². The highest BCUT2D eigenvalue weighted by Crippen LogP contribution is 2.47. The minimum Gasteiger partial charge on any atom is -0.312 e. The Balaban J connectivity index is 1.39. The van der Waals surface area contributed by atoms with E-state index in [0.29, 0.717) is 5.92 Å². The van der Waals surface area contributed by atoms with Gasteiger partial charge in [0.15, 0.2) is 0 Å². The van der Waals surface area contributed by atoms with Crippen molar-refractivity contribution in [3.8, 4) is 5.69 Å². The van der Waals surface area contributed by atoms with Crippen LogP contribution in [0.15, 0.2) is 133 Å². The summed E-state index contributed by atoms with van der Waals surface area (Å²) in [6.07, 6.45) is 9.09. The Kier molecular flexibility index (Phi) is 3.89. The molecule has 2 aliphatic rings. The Bertz CT molecular complexity index is 2490. The molecule has 3 aromatic heterocycles. The number of fused-ring (bicyclic) bond motifs is 11. The topological polar surface area (TPSA) is 9.86 Å². The molecule has 0 fully saturated rings. The van der Waals surface area contributed by atoms with Crippen molar-refractivity contribution in [2.75, 3.05) is 0 Å². The predicted molar refractivity (Wildman–Crippen MR) is 172 cm³/mol. The van der Waals surface area contributed by atoms with E-state index in [1.54, 1.807) is 0 Å². The first kappa shape index (κ1) is 21.0. The van der Waals surface area contributed by atoms with Gasteiger partial charge in [0.05, 0.1) is 22.1 Å². The lowest BCUT2D eigenvalue weighted by molar-refractivity contribution is 1.06. The first-order valence-corrected chi connectivity index (χ1v) is 14.6. The van der Waals surface area contributed by atoms with Gasteiger partial charge in [0.25, 0.3) is 0 Å². The zero-order chi connectivity index (χ0) is 25.9. The third-order valence-electron chi connectivity index (χ3n) is 8.83. The van der Waals surface area contributed by atoms with Crippen molar-refractivity contribution in [2.24, 2.45) is 5.92 Å². The normalized spacial score (nSPS) is 16.4. The molecule has 0 aliphatic heterocycles. The molecule has 3 heteroatoms. The summed E-state index contributed by atoms with van der Waals surface area (Å²) in [5.74, 6) is 0.417. The molecule has 8 aromatic rings. The molecule has 0 spiro atoms. The lowest BCUT2D eigenvalue weighted by Gasteiger charge is -2.14. The number of allylic oxidation sites excluding steroid dienone is 6. The summed E-state index contributed by atoms with van der Waals surface area (Å²) in [7, 11) is 0. The van der Waals surface area contributed by atoms with Gasteiger partial charge in [-0.25, -0.2) is 0 Å². The zero-order valence-corrected chi connectivity index (χ0v) is 22.3. The molecule has 2 aliphatic carbocycles. The van der Waals surface area contributed by atoms with E-state index in [1.165, 1.54) is 80.7 Å². The molecule has 186 valence electrons. The van der Waals surface area contributed by atoms with Crippen molar-refractivity contribution in [3.05, 3.63) is 133 Å². The summed E-state index contributed by atoms with van der Waals surface area (Å²) in [6, 6.07) is 38.2. The highest BCUT2D eigenvalue weighted by molar-refractivity contribution is 7.25. The molecular formula is C37H22N2S. The van der Waals surface area contributed by atoms with E-state index in [4.69, 9.17) is 0 Å². The number of aromatic nitrogens is 2. The second kappa shape index (κ2) is 7.41. The Morgan fingerprint density at radius 1 is 0.575 bits per heavy atom. The fourth-order valence-corrected chi connectivity index (χ4v) is 8.13. The van der Waals surface area contributed by atoms with Gasteiger partial charge in [-0.05, 0) is 54.1 Å². The number of rotatable bonds is 2. The van der Waals surface area contributed by atoms with Crippen LogP contribution in [0.1, 0.15) is 0 Å². The number of nitrogens with zero attached hydrogens (tertiary/aromatic N) is 2. The van der Waals surface area contributed by atoms with Crippen LogP contribution >= 0.6 is 11.3 Å². The Morgan fingerprint density at radius 2 is 1.32 bits per heavy atom. The molecule has 0 amide bonds. The summed E-state index contributed by atoms with van der Waals surface area (Å²) >= 11 is 1.87. The van der Waals surface area contributed by atoms with Crippen LogP contribution in [-0.4, -0.2) is 9.13 Å². The third-order valence-corrected chi connectivity index (χ3v) is 9.98. The van der Waals surface area contributed by atoms with E-state index in [9.17, 15) is 0 Å². The average molecular weight is 527 g/mol. The van der Waals surface area contributed by atoms with Crippen LogP contribution in [0.4, 0.5) is 0 Å². The first-order chi connectivity index (χ1) is 19.8. The molecule has 5 aromatic carbocycles. The monoisotopic (exact) mass is 526 g/mol. The number of hydrogen-bond donors (Lipinski definition) is 0. The first-order valence-electron chi connectivity index (χ1n) is 13.8. The van der Waals surface area contributed by atoms with Crippen LogP contribution in [0.3, 0.4) is 0 Å². The Morgan fingerprint density at radius 3 is 2.23 bits per heavy atom. The van der Waals surface area contributed by atoms with Crippen molar-refractivity contribution in [1.82, 2.24) is 9.13 Å². The van der Waals surface area contributed by atoms with Gasteiger partial charge in [-0.1, -0.05) is 78.9 Å². The Labute approximate surface area is 234 Å². The second-order valence-electron chi connectivity index (χ2n) is 10.9. The summed E-state index contributed by atoms with van der Waals surface area (Å²) in [5.41, 5.74) is 9.03. The molecule has 0 saturated heterocycles. The van der Waals surface area contributed by atoms with Crippen molar-refractivity contribution < 1.29 is 0 Å². The van der Waals surface area contributed by atoms with Gasteiger partial charge >= 0.3 is 0 Å². The molecule has 0 N–H and O–H groups in total. The maximum Gasteiger partial charge on any atom is 0.0641 e. The third kappa shape index (κ3) is 2.63. The van der Waals surface area contributed by atoms with Crippen LogP contribution < -0.4 is 0 Å². The second-order valence-corrected chi connectivity index (χ2v) is 12.0. The maximum atomic E-state index is 2.51. The van der Waals surface area contributed by atoms with Crippen LogP contribution in [0, 0.1) is 5.92 Å². The van der Waals surface area contributed by atoms with Gasteiger partial charge in [0.2, 0.25) is 0 Å². The lowest BCUT2D eigenvalue weighted by Crippen LogP contribution is -2.02. The minimum absolute atomic E-state index is 0.417. The highest BCUT2D eigenvalue weighted by Gasteiger charge is 2.31. The minimum atomic E-state index is 0.417. The maximum absolute atomic E-state index is 2.51. The van der Waals surface area contributed by atoms with Crippen LogP contribution in [0.5, 0.6) is 0 Å². The molecular weight excluding hydrogens is 504 g/mol.